The third-order valence-corrected chi connectivity index (χ3v) is 10.9. The first-order valence-electron chi connectivity index (χ1n) is 23.2. The molecule has 0 spiro atoms. The maximum absolute atomic E-state index is 11.3. The van der Waals surface area contributed by atoms with Crippen molar-refractivity contribution in [1.82, 2.24) is 0 Å². The number of hydrogen-bond acceptors (Lipinski definition) is 16. The van der Waals surface area contributed by atoms with E-state index in [0.29, 0.717) is 140 Å². The summed E-state index contributed by atoms with van der Waals surface area (Å²) in [6.07, 6.45) is 7.00. The summed E-state index contributed by atoms with van der Waals surface area (Å²) < 4.78 is 66.8. The SMILES string of the molecule is COCCOCCOCCOCCOc1ccccc1-c1cc(C=NC2CCCCC2N=Cc2cc(-c3ccccc3OCCOCCOCCOCCOC)cc(OC)c2O)c(O)c(OC)c1. The van der Waals surface area contributed by atoms with Gasteiger partial charge in [0, 0.05) is 48.9 Å². The Balaban J connectivity index is 1.20. The van der Waals surface area contributed by atoms with E-state index < -0.39 is 0 Å². The highest BCUT2D eigenvalue weighted by Crippen LogP contribution is 2.40. The molecular weight excluding hydrogens is 877 g/mol. The van der Waals surface area contributed by atoms with Crippen LogP contribution in [0, 0.1) is 0 Å². The van der Waals surface area contributed by atoms with Crippen molar-refractivity contribution in [1.29, 1.82) is 0 Å². The molecule has 1 aliphatic rings. The van der Waals surface area contributed by atoms with Crippen molar-refractivity contribution in [2.45, 2.75) is 37.8 Å². The second kappa shape index (κ2) is 31.7. The lowest BCUT2D eigenvalue weighted by molar-refractivity contribution is 0.000184. The van der Waals surface area contributed by atoms with Gasteiger partial charge in [0.15, 0.2) is 23.0 Å². The largest absolute Gasteiger partial charge is 0.504 e. The third kappa shape index (κ3) is 18.0. The maximum Gasteiger partial charge on any atom is 0.166 e. The van der Waals surface area contributed by atoms with Crippen molar-refractivity contribution in [3.8, 4) is 56.8 Å². The second-order valence-electron chi connectivity index (χ2n) is 15.6. The fourth-order valence-electron chi connectivity index (χ4n) is 7.32. The van der Waals surface area contributed by atoms with Gasteiger partial charge in [0.25, 0.3) is 0 Å². The highest BCUT2D eigenvalue weighted by atomic mass is 16.6. The summed E-state index contributed by atoms with van der Waals surface area (Å²) in [6.45, 7) is 7.42. The molecule has 16 nitrogen and oxygen atoms in total. The van der Waals surface area contributed by atoms with Crippen LogP contribution in [-0.2, 0) is 37.9 Å². The van der Waals surface area contributed by atoms with Crippen LogP contribution < -0.4 is 18.9 Å². The van der Waals surface area contributed by atoms with E-state index in [1.54, 1.807) is 38.8 Å². The van der Waals surface area contributed by atoms with Crippen LogP contribution in [0.3, 0.4) is 0 Å². The summed E-state index contributed by atoms with van der Waals surface area (Å²) in [5.41, 5.74) is 4.24. The average molecular weight is 947 g/mol. The van der Waals surface area contributed by atoms with E-state index in [2.05, 4.69) is 0 Å². The Bertz CT molecular complexity index is 1950. The standard InChI is InChI=1S/C52H70N2O14/c1-57-17-19-61-21-23-63-25-27-65-29-31-67-47-15-9-5-11-43(47)39-33-41(51(55)49(35-39)59-3)37-53-45-13-7-8-14-46(45)54-38-42-34-40(36-50(60-4)52(42)56)44-12-6-10-16-48(44)68-32-30-66-28-26-64-24-22-62-20-18-58-2/h5-6,9-12,15-16,33-38,45-46,55-56H,7-8,13-14,17-32H2,1-4H3. The van der Waals surface area contributed by atoms with Crippen molar-refractivity contribution in [2.75, 3.05) is 134 Å². The van der Waals surface area contributed by atoms with Gasteiger partial charge in [-0.3, -0.25) is 9.98 Å². The number of benzene rings is 4. The summed E-state index contributed by atoms with van der Waals surface area (Å²) in [5.74, 6) is 1.92. The molecule has 16 heteroatoms. The molecule has 4 aromatic rings. The summed E-state index contributed by atoms with van der Waals surface area (Å²) in [6, 6.07) is 22.4. The number of phenols is 2. The molecule has 2 atom stereocenters. The minimum absolute atomic E-state index is 0.0156. The van der Waals surface area contributed by atoms with E-state index in [1.807, 2.05) is 60.7 Å². The van der Waals surface area contributed by atoms with Crippen molar-refractivity contribution >= 4 is 12.4 Å². The van der Waals surface area contributed by atoms with Crippen LogP contribution in [0.2, 0.25) is 0 Å². The number of nitrogens with zero attached hydrogens (tertiary/aromatic N) is 2. The van der Waals surface area contributed by atoms with Gasteiger partial charge >= 0.3 is 0 Å². The Labute approximate surface area is 401 Å². The Kier molecular flexibility index (Phi) is 25.0. The van der Waals surface area contributed by atoms with Crippen molar-refractivity contribution in [3.05, 3.63) is 83.9 Å². The minimum atomic E-state index is -0.167. The molecule has 0 bridgehead atoms. The average Bonchev–Trinajstić information content (AvgIpc) is 3.37. The van der Waals surface area contributed by atoms with E-state index in [1.165, 1.54) is 14.2 Å². The number of para-hydroxylation sites is 2. The smallest absolute Gasteiger partial charge is 0.166 e. The fourth-order valence-corrected chi connectivity index (χ4v) is 7.32. The summed E-state index contributed by atoms with van der Waals surface area (Å²) in [4.78, 5) is 10.0. The highest BCUT2D eigenvalue weighted by molar-refractivity contribution is 5.90. The minimum Gasteiger partial charge on any atom is -0.504 e. The van der Waals surface area contributed by atoms with Crippen LogP contribution >= 0.6 is 0 Å². The summed E-state index contributed by atoms with van der Waals surface area (Å²) in [7, 11) is 6.32. The van der Waals surface area contributed by atoms with Crippen molar-refractivity contribution in [2.24, 2.45) is 9.98 Å². The van der Waals surface area contributed by atoms with Crippen LogP contribution in [0.15, 0.2) is 82.8 Å². The van der Waals surface area contributed by atoms with Crippen molar-refractivity contribution < 1.29 is 67.1 Å². The number of aromatic hydroxyl groups is 2. The predicted octanol–water partition coefficient (Wildman–Crippen LogP) is 7.45. The lowest BCUT2D eigenvalue weighted by atomic mass is 9.91. The van der Waals surface area contributed by atoms with E-state index >= 15 is 0 Å². The molecule has 0 heterocycles. The normalized spacial score (nSPS) is 15.1. The van der Waals surface area contributed by atoms with Gasteiger partial charge < -0.3 is 67.1 Å². The zero-order chi connectivity index (χ0) is 48.0. The number of aliphatic imine (C=N–C) groups is 2. The molecule has 5 rings (SSSR count). The Morgan fingerprint density at radius 3 is 1.13 bits per heavy atom. The maximum atomic E-state index is 11.3. The van der Waals surface area contributed by atoms with Crippen LogP contribution in [0.4, 0.5) is 0 Å². The molecule has 4 aromatic carbocycles. The zero-order valence-electron chi connectivity index (χ0n) is 40.1. The summed E-state index contributed by atoms with van der Waals surface area (Å²) >= 11 is 0. The molecule has 0 saturated heterocycles. The monoisotopic (exact) mass is 946 g/mol. The van der Waals surface area contributed by atoms with Gasteiger partial charge in [-0.25, -0.2) is 0 Å². The van der Waals surface area contributed by atoms with E-state index in [9.17, 15) is 10.2 Å². The van der Waals surface area contributed by atoms with E-state index in [0.717, 1.165) is 47.9 Å². The third-order valence-electron chi connectivity index (χ3n) is 10.9. The predicted molar refractivity (Wildman–Crippen MR) is 261 cm³/mol. The number of rotatable bonds is 34. The quantitative estimate of drug-likeness (QED) is 0.0349. The molecule has 0 aromatic heterocycles. The molecule has 68 heavy (non-hydrogen) atoms. The molecule has 1 fully saturated rings. The zero-order valence-corrected chi connectivity index (χ0v) is 40.1. The molecule has 372 valence electrons. The Morgan fingerprint density at radius 1 is 0.441 bits per heavy atom. The first-order valence-corrected chi connectivity index (χ1v) is 23.2. The lowest BCUT2D eigenvalue weighted by Crippen LogP contribution is -2.27. The number of ether oxygens (including phenoxy) is 12. The molecular formula is C52H70N2O14. The van der Waals surface area contributed by atoms with Gasteiger partial charge in [-0.05, 0) is 60.4 Å². The number of methoxy groups -OCH3 is 4. The van der Waals surface area contributed by atoms with Gasteiger partial charge in [0.05, 0.1) is 119 Å². The van der Waals surface area contributed by atoms with Gasteiger partial charge in [0.2, 0.25) is 0 Å². The Morgan fingerprint density at radius 2 is 0.779 bits per heavy atom. The molecule has 0 radical (unpaired) electrons. The van der Waals surface area contributed by atoms with E-state index in [-0.39, 0.29) is 23.6 Å². The van der Waals surface area contributed by atoms with Crippen LogP contribution in [0.1, 0.15) is 36.8 Å². The molecule has 0 amide bonds. The number of phenolic OH excluding ortho intramolecular Hbond substituents is 2. The lowest BCUT2D eigenvalue weighted by Gasteiger charge is -2.25. The fraction of sp³-hybridized carbons (Fsp3) is 0.500. The van der Waals surface area contributed by atoms with Gasteiger partial charge in [-0.15, -0.1) is 0 Å². The van der Waals surface area contributed by atoms with Gasteiger partial charge in [-0.1, -0.05) is 49.2 Å². The van der Waals surface area contributed by atoms with E-state index in [4.69, 9.17) is 66.8 Å². The van der Waals surface area contributed by atoms with Crippen LogP contribution in [0.25, 0.3) is 22.3 Å². The molecule has 0 aliphatic heterocycles. The first-order chi connectivity index (χ1) is 33.5. The molecule has 2 unspecified atom stereocenters. The highest BCUT2D eigenvalue weighted by Gasteiger charge is 2.24. The molecule has 2 N–H and O–H groups in total. The first kappa shape index (κ1) is 53.7. The second-order valence-corrected chi connectivity index (χ2v) is 15.6. The number of hydrogen-bond donors (Lipinski definition) is 2. The van der Waals surface area contributed by atoms with Crippen LogP contribution in [0.5, 0.6) is 34.5 Å². The summed E-state index contributed by atoms with van der Waals surface area (Å²) in [5, 5.41) is 22.6. The van der Waals surface area contributed by atoms with Gasteiger partial charge in [-0.2, -0.15) is 0 Å². The van der Waals surface area contributed by atoms with Crippen molar-refractivity contribution in [3.63, 3.8) is 0 Å². The van der Waals surface area contributed by atoms with Crippen LogP contribution in [-0.4, -0.2) is 169 Å². The Hall–Kier alpha value is -5.30. The molecule has 1 saturated carbocycles. The molecule has 1 aliphatic carbocycles. The van der Waals surface area contributed by atoms with Gasteiger partial charge in [0.1, 0.15) is 24.7 Å². The topological polar surface area (TPSA) is 176 Å².